The summed E-state index contributed by atoms with van der Waals surface area (Å²) in [7, 11) is -1.29. The third-order valence-corrected chi connectivity index (χ3v) is 4.48. The van der Waals surface area contributed by atoms with E-state index < -0.39 is 22.0 Å². The molecule has 1 fully saturated rings. The zero-order chi connectivity index (χ0) is 9.84. The Labute approximate surface area is 80.0 Å². The maximum Gasteiger partial charge on any atom is 0.320 e. The number of aliphatic carboxylic acids is 1. The van der Waals surface area contributed by atoms with Gasteiger partial charge in [0.05, 0.1) is 0 Å². The Bertz CT molecular complexity index is 213. The molecule has 0 aliphatic heterocycles. The van der Waals surface area contributed by atoms with Gasteiger partial charge in [-0.25, -0.2) is 0 Å². The van der Waals surface area contributed by atoms with Crippen LogP contribution in [0.1, 0.15) is 25.7 Å². The van der Waals surface area contributed by atoms with Crippen molar-refractivity contribution in [2.45, 2.75) is 36.2 Å². The molecule has 1 saturated carbocycles. The molecular weight excluding hydrogens is 190 g/mol. The minimum Gasteiger partial charge on any atom is -0.480 e. The number of carboxylic acids is 1. The molecule has 0 aromatic heterocycles. The van der Waals surface area contributed by atoms with E-state index in [0.717, 1.165) is 25.7 Å². The van der Waals surface area contributed by atoms with Crippen LogP contribution in [0.15, 0.2) is 0 Å². The predicted molar refractivity (Wildman–Crippen MR) is 50.9 cm³/mol. The van der Waals surface area contributed by atoms with Crippen molar-refractivity contribution in [3.05, 3.63) is 0 Å². The van der Waals surface area contributed by atoms with Crippen LogP contribution in [0, 0.1) is 0 Å². The first-order valence-electron chi connectivity index (χ1n) is 4.49. The summed E-state index contributed by atoms with van der Waals surface area (Å²) in [5.74, 6) is -1.03. The molecule has 0 bridgehead atoms. The van der Waals surface area contributed by atoms with Gasteiger partial charge in [0.25, 0.3) is 0 Å². The lowest BCUT2D eigenvalue weighted by Gasteiger charge is -2.14. The summed E-state index contributed by atoms with van der Waals surface area (Å²) in [4.78, 5) is 10.7. The van der Waals surface area contributed by atoms with Crippen molar-refractivity contribution in [3.63, 3.8) is 0 Å². The zero-order valence-electron chi connectivity index (χ0n) is 7.44. The molecule has 0 heterocycles. The first-order valence-corrected chi connectivity index (χ1v) is 5.76. The van der Waals surface area contributed by atoms with Crippen molar-refractivity contribution in [2.24, 2.45) is 5.73 Å². The summed E-state index contributed by atoms with van der Waals surface area (Å²) >= 11 is 0. The Morgan fingerprint density at radius 1 is 1.54 bits per heavy atom. The van der Waals surface area contributed by atoms with Gasteiger partial charge in [0.1, 0.15) is 5.25 Å². The highest BCUT2D eigenvalue weighted by Crippen LogP contribution is 2.24. The second kappa shape index (κ2) is 4.72. The molecule has 0 saturated heterocycles. The van der Waals surface area contributed by atoms with E-state index in [2.05, 4.69) is 0 Å². The van der Waals surface area contributed by atoms with Crippen LogP contribution >= 0.6 is 0 Å². The quantitative estimate of drug-likeness (QED) is 0.681. The van der Waals surface area contributed by atoms with Crippen molar-refractivity contribution >= 4 is 16.8 Å². The Morgan fingerprint density at radius 3 is 2.46 bits per heavy atom. The van der Waals surface area contributed by atoms with E-state index in [-0.39, 0.29) is 11.8 Å². The Hall–Kier alpha value is -0.420. The van der Waals surface area contributed by atoms with Crippen molar-refractivity contribution in [1.29, 1.82) is 0 Å². The van der Waals surface area contributed by atoms with Crippen LogP contribution in [0.2, 0.25) is 0 Å². The second-order valence-corrected chi connectivity index (χ2v) is 5.19. The number of rotatable bonds is 4. The molecule has 0 spiro atoms. The largest absolute Gasteiger partial charge is 0.480 e. The van der Waals surface area contributed by atoms with Gasteiger partial charge in [0, 0.05) is 22.6 Å². The summed E-state index contributed by atoms with van der Waals surface area (Å²) in [5.41, 5.74) is 5.27. The topological polar surface area (TPSA) is 80.4 Å². The summed E-state index contributed by atoms with van der Waals surface area (Å²) in [6, 6.07) is 0. The highest BCUT2D eigenvalue weighted by molar-refractivity contribution is 7.87. The van der Waals surface area contributed by atoms with Crippen molar-refractivity contribution < 1.29 is 14.1 Å². The van der Waals surface area contributed by atoms with E-state index in [1.54, 1.807) is 0 Å². The van der Waals surface area contributed by atoms with Crippen LogP contribution in [-0.4, -0.2) is 32.3 Å². The molecule has 5 heteroatoms. The summed E-state index contributed by atoms with van der Waals surface area (Å²) in [6.07, 6.45) is 3.90. The van der Waals surface area contributed by atoms with Crippen LogP contribution in [0.4, 0.5) is 0 Å². The molecule has 0 aromatic rings. The molecule has 76 valence electrons. The number of hydrogen-bond acceptors (Lipinski definition) is 3. The monoisotopic (exact) mass is 205 g/mol. The molecule has 1 aliphatic carbocycles. The number of carboxylic acid groups (broad SMARTS) is 1. The molecular formula is C8H15NO3S. The van der Waals surface area contributed by atoms with Gasteiger partial charge in [-0.1, -0.05) is 12.8 Å². The van der Waals surface area contributed by atoms with Crippen LogP contribution in [0.5, 0.6) is 0 Å². The maximum atomic E-state index is 11.7. The van der Waals surface area contributed by atoms with Gasteiger partial charge < -0.3 is 10.8 Å². The SMILES string of the molecule is NCC(C(=O)O)S(=O)C1CCCC1. The molecule has 3 N–H and O–H groups in total. The molecule has 13 heavy (non-hydrogen) atoms. The standard InChI is InChI=1S/C8H15NO3S/c9-5-7(8(10)11)13(12)6-3-1-2-4-6/h6-7H,1-5,9H2,(H,10,11). The number of nitrogens with two attached hydrogens (primary N) is 1. The average molecular weight is 205 g/mol. The molecule has 2 unspecified atom stereocenters. The lowest BCUT2D eigenvalue weighted by atomic mass is 10.4. The number of carbonyl (C=O) groups is 1. The van der Waals surface area contributed by atoms with Gasteiger partial charge >= 0.3 is 5.97 Å². The van der Waals surface area contributed by atoms with Crippen LogP contribution < -0.4 is 5.73 Å². The van der Waals surface area contributed by atoms with E-state index in [1.165, 1.54) is 0 Å². The summed E-state index contributed by atoms with van der Waals surface area (Å²) in [5, 5.41) is 7.92. The van der Waals surface area contributed by atoms with Gasteiger partial charge in [-0.15, -0.1) is 0 Å². The average Bonchev–Trinajstić information content (AvgIpc) is 2.56. The highest BCUT2D eigenvalue weighted by atomic mass is 32.2. The predicted octanol–water partition coefficient (Wildman–Crippen LogP) is 0.0896. The fourth-order valence-corrected chi connectivity index (χ4v) is 3.30. The molecule has 4 nitrogen and oxygen atoms in total. The lowest BCUT2D eigenvalue weighted by Crippen LogP contribution is -2.37. The molecule has 0 amide bonds. The van der Waals surface area contributed by atoms with Crippen molar-refractivity contribution in [2.75, 3.05) is 6.54 Å². The van der Waals surface area contributed by atoms with Gasteiger partial charge in [-0.2, -0.15) is 0 Å². The second-order valence-electron chi connectivity index (χ2n) is 3.30. The molecule has 0 radical (unpaired) electrons. The molecule has 0 aromatic carbocycles. The Balaban J connectivity index is 2.57. The summed E-state index contributed by atoms with van der Waals surface area (Å²) in [6.45, 7) is -0.0293. The molecule has 2 atom stereocenters. The van der Waals surface area contributed by atoms with Crippen molar-refractivity contribution in [1.82, 2.24) is 0 Å². The fraction of sp³-hybridized carbons (Fsp3) is 0.875. The normalized spacial score (nSPS) is 22.8. The first kappa shape index (κ1) is 10.7. The smallest absolute Gasteiger partial charge is 0.320 e. The van der Waals surface area contributed by atoms with Gasteiger partial charge in [0.15, 0.2) is 0 Å². The third-order valence-electron chi connectivity index (χ3n) is 2.40. The number of hydrogen-bond donors (Lipinski definition) is 2. The van der Waals surface area contributed by atoms with Crippen molar-refractivity contribution in [3.8, 4) is 0 Å². The van der Waals surface area contributed by atoms with Gasteiger partial charge in [-0.05, 0) is 12.8 Å². The van der Waals surface area contributed by atoms with E-state index in [1.807, 2.05) is 0 Å². The van der Waals surface area contributed by atoms with E-state index >= 15 is 0 Å². The van der Waals surface area contributed by atoms with Crippen LogP contribution in [-0.2, 0) is 15.6 Å². The minimum absolute atomic E-state index is 0.0293. The minimum atomic E-state index is -1.29. The maximum absolute atomic E-state index is 11.7. The van der Waals surface area contributed by atoms with E-state index in [4.69, 9.17) is 10.8 Å². The molecule has 1 aliphatic rings. The van der Waals surface area contributed by atoms with E-state index in [0.29, 0.717) is 0 Å². The highest BCUT2D eigenvalue weighted by Gasteiger charge is 2.31. The van der Waals surface area contributed by atoms with Gasteiger partial charge in [-0.3, -0.25) is 9.00 Å². The van der Waals surface area contributed by atoms with Gasteiger partial charge in [0.2, 0.25) is 0 Å². The Morgan fingerprint density at radius 2 is 2.08 bits per heavy atom. The van der Waals surface area contributed by atoms with Crippen LogP contribution in [0.25, 0.3) is 0 Å². The fourth-order valence-electron chi connectivity index (χ4n) is 1.65. The Kier molecular flexibility index (Phi) is 3.87. The third kappa shape index (κ3) is 2.51. The van der Waals surface area contributed by atoms with Crippen LogP contribution in [0.3, 0.4) is 0 Å². The van der Waals surface area contributed by atoms with E-state index in [9.17, 15) is 9.00 Å². The first-order chi connectivity index (χ1) is 6.16. The summed E-state index contributed by atoms with van der Waals surface area (Å²) < 4.78 is 11.7. The molecule has 1 rings (SSSR count). The lowest BCUT2D eigenvalue weighted by molar-refractivity contribution is -0.136. The zero-order valence-corrected chi connectivity index (χ0v) is 8.26.